The average molecular weight is 657 g/mol. The van der Waals surface area contributed by atoms with Crippen molar-refractivity contribution in [2.24, 2.45) is 24.8 Å². The van der Waals surface area contributed by atoms with Crippen molar-refractivity contribution in [1.29, 1.82) is 5.26 Å². The van der Waals surface area contributed by atoms with Crippen molar-refractivity contribution < 1.29 is 4.79 Å². The lowest BCUT2D eigenvalue weighted by Crippen LogP contribution is -2.55. The van der Waals surface area contributed by atoms with Crippen LogP contribution in [0.4, 0.5) is 22.4 Å². The molecule has 0 atom stereocenters. The topological polar surface area (TPSA) is 137 Å². The SMILES string of the molecule is Cn1cc(-c2ccc(N(C(=O)NCc3ccccc3)C3CCC(Nc4ncc(C#N)c(NC56CC7CC(CC(C7)C5)C6)n4)CC3)nc2)cn1. The van der Waals surface area contributed by atoms with Gasteiger partial charge in [0.25, 0.3) is 0 Å². The number of urea groups is 1. The highest BCUT2D eigenvalue weighted by Crippen LogP contribution is 2.56. The lowest BCUT2D eigenvalue weighted by molar-refractivity contribution is 0.0105. The first-order valence-corrected chi connectivity index (χ1v) is 17.8. The minimum absolute atomic E-state index is 0.0132. The zero-order chi connectivity index (χ0) is 33.4. The molecule has 0 unspecified atom stereocenters. The number of nitriles is 1. The van der Waals surface area contributed by atoms with Crippen molar-refractivity contribution >= 4 is 23.6 Å². The summed E-state index contributed by atoms with van der Waals surface area (Å²) < 4.78 is 1.77. The number of rotatable bonds is 9. The average Bonchev–Trinajstić information content (AvgIpc) is 3.54. The van der Waals surface area contributed by atoms with Crippen molar-refractivity contribution in [3.05, 3.63) is 78.4 Å². The Kier molecular flexibility index (Phi) is 8.40. The van der Waals surface area contributed by atoms with Crippen LogP contribution in [0.15, 0.2) is 67.3 Å². The highest BCUT2D eigenvalue weighted by Gasteiger charge is 2.51. The van der Waals surface area contributed by atoms with Gasteiger partial charge in [0.1, 0.15) is 23.3 Å². The van der Waals surface area contributed by atoms with Crippen LogP contribution in [0, 0.1) is 29.1 Å². The Morgan fingerprint density at radius 3 is 2.31 bits per heavy atom. The molecular formula is C38H44N10O. The second kappa shape index (κ2) is 13.1. The van der Waals surface area contributed by atoms with Crippen LogP contribution in [0.1, 0.15) is 75.3 Å². The first-order valence-electron chi connectivity index (χ1n) is 17.8. The molecule has 252 valence electrons. The van der Waals surface area contributed by atoms with Crippen LogP contribution in [0.3, 0.4) is 0 Å². The number of amides is 2. The van der Waals surface area contributed by atoms with E-state index >= 15 is 0 Å². The molecule has 9 rings (SSSR count). The number of benzene rings is 1. The number of aryl methyl sites for hydroxylation is 1. The van der Waals surface area contributed by atoms with Gasteiger partial charge < -0.3 is 16.0 Å². The Bertz CT molecular complexity index is 1790. The number of nitrogens with one attached hydrogen (secondary N) is 3. The summed E-state index contributed by atoms with van der Waals surface area (Å²) >= 11 is 0. The third-order valence-electron chi connectivity index (χ3n) is 11.3. The Morgan fingerprint density at radius 2 is 1.67 bits per heavy atom. The fourth-order valence-corrected chi connectivity index (χ4v) is 9.39. The quantitative estimate of drug-likeness (QED) is 0.182. The third-order valence-corrected chi connectivity index (χ3v) is 11.3. The van der Waals surface area contributed by atoms with Crippen LogP contribution in [0.2, 0.25) is 0 Å². The fraction of sp³-hybridized carbons (Fsp3) is 0.474. The monoisotopic (exact) mass is 656 g/mol. The second-order valence-electron chi connectivity index (χ2n) is 14.9. The zero-order valence-electron chi connectivity index (χ0n) is 28.1. The second-order valence-corrected chi connectivity index (χ2v) is 14.9. The zero-order valence-corrected chi connectivity index (χ0v) is 28.1. The lowest BCUT2D eigenvalue weighted by Gasteiger charge is -2.57. The van der Waals surface area contributed by atoms with Crippen molar-refractivity contribution in [2.45, 2.75) is 88.4 Å². The van der Waals surface area contributed by atoms with Gasteiger partial charge in [-0.05, 0) is 99.7 Å². The van der Waals surface area contributed by atoms with E-state index in [2.05, 4.69) is 32.1 Å². The number of anilines is 3. The van der Waals surface area contributed by atoms with E-state index in [9.17, 15) is 10.1 Å². The van der Waals surface area contributed by atoms with E-state index < -0.39 is 0 Å². The van der Waals surface area contributed by atoms with E-state index in [4.69, 9.17) is 9.97 Å². The molecule has 11 heteroatoms. The van der Waals surface area contributed by atoms with Gasteiger partial charge in [0, 0.05) is 54.7 Å². The molecule has 0 aliphatic heterocycles. The third kappa shape index (κ3) is 6.69. The predicted molar refractivity (Wildman–Crippen MR) is 189 cm³/mol. The van der Waals surface area contributed by atoms with Crippen molar-refractivity contribution in [2.75, 3.05) is 15.5 Å². The molecule has 2 amide bonds. The molecule has 0 spiro atoms. The summed E-state index contributed by atoms with van der Waals surface area (Å²) in [6.45, 7) is 0.441. The smallest absolute Gasteiger partial charge is 0.323 e. The molecule has 5 fully saturated rings. The van der Waals surface area contributed by atoms with E-state index in [1.165, 1.54) is 38.5 Å². The summed E-state index contributed by atoms with van der Waals surface area (Å²) in [6.07, 6.45) is 18.2. The van der Waals surface area contributed by atoms with Crippen molar-refractivity contribution in [1.82, 2.24) is 30.0 Å². The Labute approximate surface area is 287 Å². The van der Waals surface area contributed by atoms with Crippen LogP contribution in [-0.4, -0.2) is 48.4 Å². The molecule has 49 heavy (non-hydrogen) atoms. The molecule has 4 bridgehead atoms. The van der Waals surface area contributed by atoms with Gasteiger partial charge in [-0.3, -0.25) is 9.58 Å². The van der Waals surface area contributed by atoms with E-state index in [1.807, 2.05) is 73.0 Å². The molecule has 0 saturated heterocycles. The van der Waals surface area contributed by atoms with Gasteiger partial charge >= 0.3 is 6.03 Å². The minimum Gasteiger partial charge on any atom is -0.363 e. The first kappa shape index (κ1) is 31.3. The van der Waals surface area contributed by atoms with Crippen LogP contribution in [-0.2, 0) is 13.6 Å². The van der Waals surface area contributed by atoms with Gasteiger partial charge in [-0.2, -0.15) is 15.3 Å². The summed E-state index contributed by atoms with van der Waals surface area (Å²) in [5.74, 6) is 4.25. The minimum atomic E-state index is -0.155. The summed E-state index contributed by atoms with van der Waals surface area (Å²) in [4.78, 5) is 29.8. The number of hydrogen-bond acceptors (Lipinski definition) is 8. The van der Waals surface area contributed by atoms with Gasteiger partial charge in [0.15, 0.2) is 0 Å². The Morgan fingerprint density at radius 1 is 0.939 bits per heavy atom. The van der Waals surface area contributed by atoms with Crippen LogP contribution in [0.25, 0.3) is 11.1 Å². The first-order chi connectivity index (χ1) is 23.9. The lowest BCUT2D eigenvalue weighted by atomic mass is 9.53. The van der Waals surface area contributed by atoms with Crippen molar-refractivity contribution in [3.8, 4) is 17.2 Å². The van der Waals surface area contributed by atoms with Crippen molar-refractivity contribution in [3.63, 3.8) is 0 Å². The number of aromatic nitrogens is 5. The summed E-state index contributed by atoms with van der Waals surface area (Å²) in [6, 6.07) is 16.2. The number of nitrogens with zero attached hydrogens (tertiary/aromatic N) is 7. The van der Waals surface area contributed by atoms with Gasteiger partial charge in [-0.1, -0.05) is 30.3 Å². The molecular weight excluding hydrogens is 612 g/mol. The molecule has 5 aliphatic rings. The van der Waals surface area contributed by atoms with E-state index in [0.29, 0.717) is 29.7 Å². The van der Waals surface area contributed by atoms with Crippen LogP contribution in [0.5, 0.6) is 0 Å². The summed E-state index contributed by atoms with van der Waals surface area (Å²) in [5.41, 5.74) is 3.54. The number of carbonyl (C=O) groups is 1. The van der Waals surface area contributed by atoms with E-state index in [-0.39, 0.29) is 23.7 Å². The predicted octanol–water partition coefficient (Wildman–Crippen LogP) is 6.66. The molecule has 5 saturated carbocycles. The Hall–Kier alpha value is -4.98. The summed E-state index contributed by atoms with van der Waals surface area (Å²) in [7, 11) is 1.89. The Balaban J connectivity index is 0.951. The molecule has 0 radical (unpaired) electrons. The highest BCUT2D eigenvalue weighted by atomic mass is 16.2. The maximum absolute atomic E-state index is 13.8. The summed E-state index contributed by atoms with van der Waals surface area (Å²) in [5, 5.41) is 24.7. The normalized spacial score (nSPS) is 26.9. The van der Waals surface area contributed by atoms with Crippen LogP contribution >= 0.6 is 0 Å². The van der Waals surface area contributed by atoms with Gasteiger partial charge in [0.2, 0.25) is 5.95 Å². The number of carbonyl (C=O) groups excluding carboxylic acids is 1. The molecule has 4 aromatic rings. The highest BCUT2D eigenvalue weighted by molar-refractivity contribution is 5.91. The standard InChI is InChI=1S/C38H44N10O/c1-47-24-31(23-43-47)29-7-12-34(40-21-29)48(37(49)42-20-25-5-3-2-4-6-25)33-10-8-32(9-11-33)44-36-41-22-30(19-39)35(45-36)46-38-16-26-13-27(17-38)15-28(14-26)18-38/h2-7,12,21-24,26-28,32-33H,8-11,13-18,20H2,1H3,(H,42,49)(H2,41,44,45,46). The van der Waals surface area contributed by atoms with Gasteiger partial charge in [0.05, 0.1) is 12.4 Å². The largest absolute Gasteiger partial charge is 0.363 e. The molecule has 3 aromatic heterocycles. The maximum atomic E-state index is 13.8. The van der Waals surface area contributed by atoms with E-state index in [1.54, 1.807) is 10.9 Å². The molecule has 11 nitrogen and oxygen atoms in total. The van der Waals surface area contributed by atoms with E-state index in [0.717, 1.165) is 60.1 Å². The number of pyridine rings is 1. The molecule has 1 aromatic carbocycles. The van der Waals surface area contributed by atoms with Gasteiger partial charge in [-0.25, -0.2) is 14.8 Å². The molecule has 3 N–H and O–H groups in total. The number of hydrogen-bond donors (Lipinski definition) is 3. The maximum Gasteiger partial charge on any atom is 0.323 e. The van der Waals surface area contributed by atoms with Crippen LogP contribution < -0.4 is 20.9 Å². The molecule has 3 heterocycles. The fourth-order valence-electron chi connectivity index (χ4n) is 9.39. The molecule has 5 aliphatic carbocycles. The van der Waals surface area contributed by atoms with Gasteiger partial charge in [-0.15, -0.1) is 0 Å².